The highest BCUT2D eigenvalue weighted by Crippen LogP contribution is 2.38. The maximum atomic E-state index is 14.3. The third-order valence-electron chi connectivity index (χ3n) is 12.0. The summed E-state index contributed by atoms with van der Waals surface area (Å²) in [4.78, 5) is 60.8. The summed E-state index contributed by atoms with van der Waals surface area (Å²) < 4.78 is 4.84. The fourth-order valence-electron chi connectivity index (χ4n) is 8.83. The van der Waals surface area contributed by atoms with Crippen LogP contribution in [0.3, 0.4) is 0 Å². The summed E-state index contributed by atoms with van der Waals surface area (Å²) in [5, 5.41) is 2.72. The van der Waals surface area contributed by atoms with Gasteiger partial charge in [-0.3, -0.25) is 9.59 Å². The number of nitrogens with zero attached hydrogens (tertiary/aromatic N) is 4. The van der Waals surface area contributed by atoms with E-state index in [1.807, 2.05) is 108 Å². The summed E-state index contributed by atoms with van der Waals surface area (Å²) in [6.07, 6.45) is 6.38. The number of ether oxygens (including phenoxy) is 1. The number of methoxy groups -OCH3 is 1. The molecule has 11 heteroatoms. The molecule has 5 aromatic carbocycles. The molecule has 7 aromatic rings. The third-order valence-corrected chi connectivity index (χ3v) is 12.0. The van der Waals surface area contributed by atoms with Crippen molar-refractivity contribution in [3.8, 4) is 33.6 Å². The van der Waals surface area contributed by atoms with Gasteiger partial charge in [0.2, 0.25) is 5.91 Å². The lowest BCUT2D eigenvalue weighted by Crippen LogP contribution is -2.42. The Labute approximate surface area is 354 Å². The second kappa shape index (κ2) is 17.5. The fraction of sp³-hybridized carbons (Fsp3) is 0.220. The van der Waals surface area contributed by atoms with Gasteiger partial charge in [0.05, 0.1) is 48.9 Å². The van der Waals surface area contributed by atoms with E-state index in [2.05, 4.69) is 63.8 Å². The van der Waals surface area contributed by atoms with Gasteiger partial charge in [0.1, 0.15) is 17.7 Å². The van der Waals surface area contributed by atoms with Gasteiger partial charge in [-0.15, -0.1) is 0 Å². The van der Waals surface area contributed by atoms with Crippen LogP contribution in [0, 0.1) is 0 Å². The van der Waals surface area contributed by atoms with E-state index in [9.17, 15) is 14.4 Å². The van der Waals surface area contributed by atoms with Crippen molar-refractivity contribution in [1.29, 1.82) is 0 Å². The molecule has 0 bridgehead atoms. The molecule has 2 aliphatic rings. The molecule has 3 atom stereocenters. The van der Waals surface area contributed by atoms with E-state index >= 15 is 0 Å². The van der Waals surface area contributed by atoms with Gasteiger partial charge in [0.15, 0.2) is 0 Å². The summed E-state index contributed by atoms with van der Waals surface area (Å²) in [7, 11) is 1.29. The summed E-state index contributed by atoms with van der Waals surface area (Å²) in [6.45, 7) is 1.25. The number of hydrogen-bond donors (Lipinski definition) is 3. The number of alkyl carbamates (subject to hydrolysis) is 1. The molecule has 2 saturated heterocycles. The number of H-pyrrole nitrogens is 2. The van der Waals surface area contributed by atoms with Crippen LogP contribution < -0.4 is 5.32 Å². The molecule has 0 radical (unpaired) electrons. The van der Waals surface area contributed by atoms with Crippen molar-refractivity contribution in [3.63, 3.8) is 0 Å². The predicted molar refractivity (Wildman–Crippen MR) is 234 cm³/mol. The molecule has 9 rings (SSSR count). The Balaban J connectivity index is 0.867. The summed E-state index contributed by atoms with van der Waals surface area (Å²) >= 11 is 0. The van der Waals surface area contributed by atoms with Gasteiger partial charge in [-0.05, 0) is 64.6 Å². The van der Waals surface area contributed by atoms with Gasteiger partial charge in [-0.2, -0.15) is 0 Å². The number of imidazole rings is 2. The van der Waals surface area contributed by atoms with Gasteiger partial charge in [0.25, 0.3) is 5.91 Å². The Kier molecular flexibility index (Phi) is 11.3. The molecule has 0 aliphatic carbocycles. The highest BCUT2D eigenvalue weighted by Gasteiger charge is 2.38. The molecule has 11 nitrogen and oxygen atoms in total. The molecule has 0 spiro atoms. The number of carbonyl (C=O) groups is 3. The zero-order chi connectivity index (χ0) is 41.7. The first kappa shape index (κ1) is 39.2. The second-order valence-corrected chi connectivity index (χ2v) is 15.6. The summed E-state index contributed by atoms with van der Waals surface area (Å²) in [5.74, 6) is 1.03. The lowest BCUT2D eigenvalue weighted by atomic mass is 9.90. The van der Waals surface area contributed by atoms with E-state index in [1.54, 1.807) is 4.90 Å². The summed E-state index contributed by atoms with van der Waals surface area (Å²) in [5.41, 5.74) is 8.58. The van der Waals surface area contributed by atoms with Gasteiger partial charge >= 0.3 is 6.09 Å². The number of rotatable bonds is 11. The van der Waals surface area contributed by atoms with E-state index in [0.717, 1.165) is 76.3 Å². The fourth-order valence-corrected chi connectivity index (χ4v) is 8.83. The van der Waals surface area contributed by atoms with Crippen molar-refractivity contribution in [3.05, 3.63) is 180 Å². The van der Waals surface area contributed by atoms with Gasteiger partial charge in [-0.25, -0.2) is 14.8 Å². The van der Waals surface area contributed by atoms with E-state index in [4.69, 9.17) is 14.7 Å². The number of amides is 3. The molecule has 0 unspecified atom stereocenters. The maximum Gasteiger partial charge on any atom is 0.407 e. The first-order valence-electron chi connectivity index (χ1n) is 20.9. The molecule has 0 saturated carbocycles. The number of nitrogens with one attached hydrogen (secondary N) is 3. The summed E-state index contributed by atoms with van der Waals surface area (Å²) in [6, 6.07) is 44.8. The first-order chi connectivity index (χ1) is 29.9. The Hall–Kier alpha value is -7.27. The highest BCUT2D eigenvalue weighted by molar-refractivity contribution is 5.88. The van der Waals surface area contributed by atoms with Crippen LogP contribution in [0.2, 0.25) is 0 Å². The maximum absolute atomic E-state index is 14.3. The molecular weight excluding hydrogens is 763 g/mol. The monoisotopic (exact) mass is 809 g/mol. The van der Waals surface area contributed by atoms with Crippen LogP contribution in [-0.4, -0.2) is 67.8 Å². The van der Waals surface area contributed by atoms with Crippen molar-refractivity contribution >= 4 is 17.9 Å². The zero-order valence-electron chi connectivity index (χ0n) is 33.9. The SMILES string of the molecule is COC(=O)N[C@@H](C(=O)N1CCC[C@H]1c1ncc(-c2ccc(-c3ccc(-c4cnc([C@@H]5CCCN5C(=O)C(c5ccccc5)c5ccccc5)[nH]4)cc3)cc2)[nH]1)c1ccccc1. The normalized spacial score (nSPS) is 16.8. The Morgan fingerprint density at radius 3 is 1.43 bits per heavy atom. The van der Waals surface area contributed by atoms with Crippen LogP contribution in [0.15, 0.2) is 152 Å². The van der Waals surface area contributed by atoms with Crippen molar-refractivity contribution in [1.82, 2.24) is 35.1 Å². The molecule has 3 N–H and O–H groups in total. The van der Waals surface area contributed by atoms with Crippen molar-refractivity contribution < 1.29 is 19.1 Å². The van der Waals surface area contributed by atoms with Gasteiger partial charge in [0, 0.05) is 13.1 Å². The Morgan fingerprint density at radius 2 is 0.984 bits per heavy atom. The Morgan fingerprint density at radius 1 is 0.574 bits per heavy atom. The van der Waals surface area contributed by atoms with Crippen LogP contribution in [0.4, 0.5) is 4.79 Å². The lowest BCUT2D eigenvalue weighted by Gasteiger charge is -2.28. The van der Waals surface area contributed by atoms with Crippen molar-refractivity contribution in [2.45, 2.75) is 49.7 Å². The quantitative estimate of drug-likeness (QED) is 0.119. The topological polar surface area (TPSA) is 136 Å². The molecule has 306 valence electrons. The molecule has 2 fully saturated rings. The number of aromatic nitrogens is 4. The number of carbonyl (C=O) groups excluding carboxylic acids is 3. The minimum Gasteiger partial charge on any atom is -0.453 e. The highest BCUT2D eigenvalue weighted by atomic mass is 16.5. The third kappa shape index (κ3) is 8.19. The molecule has 4 heterocycles. The molecular formula is C50H47N7O4. The van der Waals surface area contributed by atoms with Crippen molar-refractivity contribution in [2.75, 3.05) is 20.2 Å². The van der Waals surface area contributed by atoms with Gasteiger partial charge < -0.3 is 29.8 Å². The van der Waals surface area contributed by atoms with Crippen LogP contribution >= 0.6 is 0 Å². The van der Waals surface area contributed by atoms with Crippen LogP contribution in [0.25, 0.3) is 33.6 Å². The zero-order valence-corrected chi connectivity index (χ0v) is 33.9. The second-order valence-electron chi connectivity index (χ2n) is 15.6. The van der Waals surface area contributed by atoms with Crippen LogP contribution in [-0.2, 0) is 14.3 Å². The lowest BCUT2D eigenvalue weighted by molar-refractivity contribution is -0.134. The predicted octanol–water partition coefficient (Wildman–Crippen LogP) is 9.39. The smallest absolute Gasteiger partial charge is 0.407 e. The van der Waals surface area contributed by atoms with Crippen molar-refractivity contribution in [2.24, 2.45) is 0 Å². The molecule has 2 aliphatic heterocycles. The average molecular weight is 810 g/mol. The largest absolute Gasteiger partial charge is 0.453 e. The van der Waals surface area contributed by atoms with E-state index in [0.29, 0.717) is 24.5 Å². The molecule has 61 heavy (non-hydrogen) atoms. The van der Waals surface area contributed by atoms with Gasteiger partial charge in [-0.1, -0.05) is 140 Å². The number of benzene rings is 5. The van der Waals surface area contributed by atoms with Crippen LogP contribution in [0.5, 0.6) is 0 Å². The Bertz CT molecular complexity index is 2550. The first-order valence-corrected chi connectivity index (χ1v) is 20.9. The van der Waals surface area contributed by atoms with E-state index in [1.165, 1.54) is 7.11 Å². The minimum absolute atomic E-state index is 0.0946. The standard InChI is InChI=1S/C50H47N7O4/c1-61-50(60)55-45(39-17-9-4-10-18-39)49(59)57-30-12-20-43(57)47-52-32-41(54-47)36-27-23-34(24-28-36)33-21-25-35(26-22-33)40-31-51-46(53-40)42-19-11-29-56(42)48(58)44(37-13-5-2-6-14-37)38-15-7-3-8-16-38/h2-10,13-18,21-28,31-32,42-45H,11-12,19-20,29-30H2,1H3,(H,51,53)(H,52,54)(H,55,60)/t42-,43-,45+/m0/s1. The molecule has 3 amide bonds. The van der Waals surface area contributed by atoms with E-state index < -0.39 is 12.1 Å². The number of likely N-dealkylation sites (tertiary alicyclic amines) is 2. The average Bonchev–Trinajstić information content (AvgIpc) is 4.17. The van der Waals surface area contributed by atoms with Crippen LogP contribution in [0.1, 0.15) is 78.1 Å². The number of hydrogen-bond acceptors (Lipinski definition) is 6. The molecule has 2 aromatic heterocycles. The number of aromatic amines is 2. The minimum atomic E-state index is -0.874. The van der Waals surface area contributed by atoms with E-state index in [-0.39, 0.29) is 29.8 Å².